The first-order valence-corrected chi connectivity index (χ1v) is 12.7. The third-order valence-corrected chi connectivity index (χ3v) is 5.53. The largest absolute Gasteiger partial charge is 0.514 e. The van der Waals surface area contributed by atoms with Crippen LogP contribution in [0.15, 0.2) is 48.5 Å². The van der Waals surface area contributed by atoms with E-state index in [0.29, 0.717) is 11.3 Å². The molecule has 2 rings (SSSR count). The standard InChI is InChI=1S/C28H35N3O9/c1-17(2)23(15-24(32)40-28(4,5)6)26(34)29-18(3)25(33)30-20-9-7-19(8-10-20)16-38-27(35)39-22-13-11-21(12-14-22)31(36)37/h7-14,17-18,23H,15-16H2,1-6H3,(H,29,34)(H,30,33)/t18-,23-/m0/s1. The summed E-state index contributed by atoms with van der Waals surface area (Å²) >= 11 is 0. The second-order valence-electron chi connectivity index (χ2n) is 10.4. The Morgan fingerprint density at radius 1 is 0.925 bits per heavy atom. The van der Waals surface area contributed by atoms with Crippen LogP contribution in [0.1, 0.15) is 53.5 Å². The van der Waals surface area contributed by atoms with Crippen LogP contribution < -0.4 is 15.4 Å². The molecule has 0 aliphatic carbocycles. The van der Waals surface area contributed by atoms with Gasteiger partial charge in [-0.15, -0.1) is 0 Å². The Morgan fingerprint density at radius 3 is 2.05 bits per heavy atom. The van der Waals surface area contributed by atoms with E-state index in [0.717, 1.165) is 0 Å². The van der Waals surface area contributed by atoms with Crippen LogP contribution in [0.2, 0.25) is 0 Å². The molecule has 216 valence electrons. The van der Waals surface area contributed by atoms with Crippen molar-refractivity contribution in [2.24, 2.45) is 11.8 Å². The molecule has 2 aromatic rings. The molecule has 0 aliphatic rings. The molecule has 12 heteroatoms. The first kappa shape index (κ1) is 31.7. The second-order valence-corrected chi connectivity index (χ2v) is 10.4. The molecule has 12 nitrogen and oxygen atoms in total. The number of hydrogen-bond acceptors (Lipinski definition) is 9. The Morgan fingerprint density at radius 2 is 1.52 bits per heavy atom. The maximum Gasteiger partial charge on any atom is 0.514 e. The number of hydrogen-bond donors (Lipinski definition) is 2. The molecule has 0 spiro atoms. The minimum atomic E-state index is -0.984. The van der Waals surface area contributed by atoms with Crippen LogP contribution in [-0.4, -0.2) is 40.5 Å². The van der Waals surface area contributed by atoms with E-state index in [9.17, 15) is 29.3 Å². The number of nitro groups is 1. The van der Waals surface area contributed by atoms with Gasteiger partial charge in [0, 0.05) is 17.8 Å². The van der Waals surface area contributed by atoms with E-state index < -0.39 is 46.4 Å². The van der Waals surface area contributed by atoms with Crippen molar-refractivity contribution in [1.29, 1.82) is 0 Å². The Labute approximate surface area is 232 Å². The number of nitrogens with zero attached hydrogens (tertiary/aromatic N) is 1. The maximum atomic E-state index is 12.8. The Hall–Kier alpha value is -4.48. The van der Waals surface area contributed by atoms with Gasteiger partial charge in [0.25, 0.3) is 5.69 Å². The van der Waals surface area contributed by atoms with Gasteiger partial charge < -0.3 is 24.8 Å². The Balaban J connectivity index is 1.84. The predicted octanol–water partition coefficient (Wildman–Crippen LogP) is 4.76. The fraction of sp³-hybridized carbons (Fsp3) is 0.429. The van der Waals surface area contributed by atoms with Crippen molar-refractivity contribution < 1.29 is 38.3 Å². The van der Waals surface area contributed by atoms with Gasteiger partial charge in [-0.2, -0.15) is 0 Å². The number of benzene rings is 2. The van der Waals surface area contributed by atoms with Crippen molar-refractivity contribution in [3.8, 4) is 5.75 Å². The molecule has 0 bridgehead atoms. The first-order chi connectivity index (χ1) is 18.6. The normalized spacial score (nSPS) is 12.6. The average Bonchev–Trinajstić information content (AvgIpc) is 2.85. The molecule has 0 unspecified atom stereocenters. The van der Waals surface area contributed by atoms with Crippen LogP contribution in [0.25, 0.3) is 0 Å². The average molecular weight is 558 g/mol. The predicted molar refractivity (Wildman–Crippen MR) is 145 cm³/mol. The summed E-state index contributed by atoms with van der Waals surface area (Å²) in [5.74, 6) is -2.07. The van der Waals surface area contributed by atoms with Crippen LogP contribution in [0.3, 0.4) is 0 Å². The third-order valence-electron chi connectivity index (χ3n) is 5.53. The summed E-state index contributed by atoms with van der Waals surface area (Å²) in [6.07, 6.45) is -1.08. The minimum Gasteiger partial charge on any atom is -0.460 e. The molecule has 2 amide bonds. The summed E-state index contributed by atoms with van der Waals surface area (Å²) in [6, 6.07) is 10.6. The zero-order chi connectivity index (χ0) is 30.0. The molecule has 0 saturated carbocycles. The van der Waals surface area contributed by atoms with Gasteiger partial charge in [0.1, 0.15) is 24.0 Å². The molecule has 0 saturated heterocycles. The van der Waals surface area contributed by atoms with E-state index in [1.165, 1.54) is 31.2 Å². The lowest BCUT2D eigenvalue weighted by atomic mass is 9.91. The van der Waals surface area contributed by atoms with Gasteiger partial charge in [0.05, 0.1) is 17.3 Å². The fourth-order valence-electron chi connectivity index (χ4n) is 3.42. The highest BCUT2D eigenvalue weighted by Gasteiger charge is 2.29. The van der Waals surface area contributed by atoms with Crippen molar-refractivity contribution in [1.82, 2.24) is 5.32 Å². The van der Waals surface area contributed by atoms with Crippen LogP contribution in [0, 0.1) is 22.0 Å². The smallest absolute Gasteiger partial charge is 0.460 e. The minimum absolute atomic E-state index is 0.0967. The molecular formula is C28H35N3O9. The lowest BCUT2D eigenvalue weighted by Crippen LogP contribution is -2.45. The number of amides is 2. The van der Waals surface area contributed by atoms with Crippen molar-refractivity contribution in [3.05, 3.63) is 64.2 Å². The van der Waals surface area contributed by atoms with Crippen LogP contribution >= 0.6 is 0 Å². The molecule has 0 heterocycles. The quantitative estimate of drug-likeness (QED) is 0.172. The number of nitrogens with one attached hydrogen (secondary N) is 2. The van der Waals surface area contributed by atoms with Crippen molar-refractivity contribution >= 4 is 35.3 Å². The summed E-state index contributed by atoms with van der Waals surface area (Å²) < 4.78 is 15.3. The van der Waals surface area contributed by atoms with Crippen molar-refractivity contribution in [2.45, 2.75) is 66.2 Å². The molecule has 2 aromatic carbocycles. The van der Waals surface area contributed by atoms with Crippen molar-refractivity contribution in [2.75, 3.05) is 5.32 Å². The van der Waals surface area contributed by atoms with Gasteiger partial charge in [0.2, 0.25) is 11.8 Å². The summed E-state index contributed by atoms with van der Waals surface area (Å²) in [5.41, 5.74) is 0.268. The number of carbonyl (C=O) groups is 4. The highest BCUT2D eigenvalue weighted by Crippen LogP contribution is 2.20. The molecular weight excluding hydrogens is 522 g/mol. The van der Waals surface area contributed by atoms with E-state index in [1.54, 1.807) is 45.0 Å². The molecule has 2 atom stereocenters. The summed E-state index contributed by atoms with van der Waals surface area (Å²) in [7, 11) is 0. The summed E-state index contributed by atoms with van der Waals surface area (Å²) in [6.45, 7) is 10.3. The van der Waals surface area contributed by atoms with Gasteiger partial charge >= 0.3 is 12.1 Å². The summed E-state index contributed by atoms with van der Waals surface area (Å²) in [4.78, 5) is 59.7. The highest BCUT2D eigenvalue weighted by molar-refractivity contribution is 5.97. The second kappa shape index (κ2) is 14.1. The van der Waals surface area contributed by atoms with Gasteiger partial charge in [-0.25, -0.2) is 4.79 Å². The van der Waals surface area contributed by atoms with E-state index in [-0.39, 0.29) is 30.4 Å². The number of nitro benzene ring substituents is 1. The first-order valence-electron chi connectivity index (χ1n) is 12.7. The SMILES string of the molecule is CC(C)[C@H](CC(=O)OC(C)(C)C)C(=O)N[C@@H](C)C(=O)Nc1ccc(COC(=O)Oc2ccc([N+](=O)[O-])cc2)cc1. The van der Waals surface area contributed by atoms with Crippen LogP contribution in [-0.2, 0) is 30.5 Å². The van der Waals surface area contributed by atoms with Crippen LogP contribution in [0.4, 0.5) is 16.2 Å². The Kier molecular flexibility index (Phi) is 11.2. The highest BCUT2D eigenvalue weighted by atomic mass is 16.7. The number of esters is 1. The number of rotatable bonds is 11. The van der Waals surface area contributed by atoms with E-state index in [2.05, 4.69) is 10.6 Å². The monoisotopic (exact) mass is 557 g/mol. The summed E-state index contributed by atoms with van der Waals surface area (Å²) in [5, 5.41) is 16.0. The molecule has 0 radical (unpaired) electrons. The lowest BCUT2D eigenvalue weighted by molar-refractivity contribution is -0.384. The zero-order valence-corrected chi connectivity index (χ0v) is 23.4. The maximum absolute atomic E-state index is 12.8. The topological polar surface area (TPSA) is 163 Å². The van der Waals surface area contributed by atoms with Gasteiger partial charge in [-0.3, -0.25) is 24.5 Å². The molecule has 0 aromatic heterocycles. The molecule has 2 N–H and O–H groups in total. The Bertz CT molecular complexity index is 1200. The zero-order valence-electron chi connectivity index (χ0n) is 23.4. The number of non-ortho nitro benzene ring substituents is 1. The number of anilines is 1. The van der Waals surface area contributed by atoms with Crippen molar-refractivity contribution in [3.63, 3.8) is 0 Å². The number of carbonyl (C=O) groups excluding carboxylic acids is 4. The van der Waals surface area contributed by atoms with Gasteiger partial charge in [-0.1, -0.05) is 26.0 Å². The number of ether oxygens (including phenoxy) is 3. The van der Waals surface area contributed by atoms with E-state index in [1.807, 2.05) is 13.8 Å². The molecule has 0 aliphatic heterocycles. The molecule has 0 fully saturated rings. The fourth-order valence-corrected chi connectivity index (χ4v) is 3.42. The van der Waals surface area contributed by atoms with Gasteiger partial charge in [-0.05, 0) is 63.4 Å². The van der Waals surface area contributed by atoms with E-state index in [4.69, 9.17) is 14.2 Å². The van der Waals surface area contributed by atoms with Gasteiger partial charge in [0.15, 0.2) is 0 Å². The molecule has 40 heavy (non-hydrogen) atoms. The van der Waals surface area contributed by atoms with E-state index >= 15 is 0 Å². The third kappa shape index (κ3) is 10.7. The van der Waals surface area contributed by atoms with Crippen LogP contribution in [0.5, 0.6) is 5.75 Å². The lowest BCUT2D eigenvalue weighted by Gasteiger charge is -2.25.